The quantitative estimate of drug-likeness (QED) is 0.139. The van der Waals surface area contributed by atoms with Crippen molar-refractivity contribution in [1.82, 2.24) is 44.9 Å². The van der Waals surface area contributed by atoms with Crippen LogP contribution in [0, 0.1) is 0 Å². The van der Waals surface area contributed by atoms with Crippen LogP contribution in [0.2, 0.25) is 0 Å². The zero-order valence-electron chi connectivity index (χ0n) is 56.2. The second-order valence-corrected chi connectivity index (χ2v) is 25.7. The smallest absolute Gasteiger partial charge is 0.0893 e. The summed E-state index contributed by atoms with van der Waals surface area (Å²) >= 11 is 0. The van der Waals surface area contributed by atoms with Crippen molar-refractivity contribution in [2.75, 3.05) is 0 Å². The van der Waals surface area contributed by atoms with Crippen LogP contribution in [-0.2, 0) is 0 Å². The van der Waals surface area contributed by atoms with E-state index in [1.807, 2.05) is 91.0 Å². The number of benzene rings is 11. The highest BCUT2D eigenvalue weighted by atomic mass is 14.8. The minimum absolute atomic E-state index is 0.875. The molecule has 20 rings (SSSR count). The molecule has 0 atom stereocenters. The van der Waals surface area contributed by atoms with Crippen LogP contribution in [0.5, 0.6) is 0 Å². The lowest BCUT2D eigenvalue weighted by Gasteiger charge is -2.09. The summed E-state index contributed by atoms with van der Waals surface area (Å²) in [5, 5.41) is 11.6. The summed E-state index contributed by atoms with van der Waals surface area (Å²) in [6.07, 6.45) is 5.39. The van der Waals surface area contributed by atoms with Gasteiger partial charge in [-0.3, -0.25) is 15.0 Å². The Morgan fingerprint density at radius 2 is 0.442 bits per heavy atom. The highest BCUT2D eigenvalue weighted by molar-refractivity contribution is 5.99. The summed E-state index contributed by atoms with van der Waals surface area (Å²) in [7, 11) is 0. The molecule has 0 aliphatic carbocycles. The van der Waals surface area contributed by atoms with Gasteiger partial charge in [0.1, 0.15) is 0 Å². The number of nitrogens with zero attached hydrogens (tertiary/aromatic N) is 9. The van der Waals surface area contributed by atoms with Gasteiger partial charge in [0.05, 0.1) is 84.3 Å². The Balaban J connectivity index is 0.000000111. The van der Waals surface area contributed by atoms with Crippen molar-refractivity contribution in [2.24, 2.45) is 0 Å². The maximum Gasteiger partial charge on any atom is 0.0893 e. The molecule has 104 heavy (non-hydrogen) atoms. The molecule has 0 aliphatic heterocycles. The van der Waals surface area contributed by atoms with Gasteiger partial charge in [0, 0.05) is 67.6 Å². The zero-order valence-corrected chi connectivity index (χ0v) is 56.2. The first kappa shape index (κ1) is 62.1. The maximum atomic E-state index is 5.07. The Morgan fingerprint density at radius 3 is 0.856 bits per heavy atom. The maximum absolute atomic E-state index is 5.07. The first-order valence-corrected chi connectivity index (χ1v) is 34.7. The fourth-order valence-corrected chi connectivity index (χ4v) is 13.6. The molecule has 9 aromatic heterocycles. The topological polar surface area (TPSA) is 116 Å². The summed E-state index contributed by atoms with van der Waals surface area (Å²) in [6.45, 7) is 0. The van der Waals surface area contributed by atoms with Crippen molar-refractivity contribution in [3.05, 3.63) is 370 Å². The highest BCUT2D eigenvalue weighted by Crippen LogP contribution is 2.36. The Hall–Kier alpha value is -14.2. The number of aromatic nitrogens is 9. The second-order valence-electron chi connectivity index (χ2n) is 25.7. The van der Waals surface area contributed by atoms with Crippen LogP contribution in [0.25, 0.3) is 188 Å². The van der Waals surface area contributed by atoms with Gasteiger partial charge < -0.3 is 0 Å². The Kier molecular flexibility index (Phi) is 16.4. The molecule has 0 saturated carbocycles. The van der Waals surface area contributed by atoms with E-state index in [1.54, 1.807) is 18.6 Å². The van der Waals surface area contributed by atoms with Crippen molar-refractivity contribution in [2.45, 2.75) is 0 Å². The average Bonchev–Trinajstić information content (AvgIpc) is 0.792. The van der Waals surface area contributed by atoms with E-state index in [-0.39, 0.29) is 0 Å². The predicted molar refractivity (Wildman–Crippen MR) is 428 cm³/mol. The molecule has 0 aliphatic rings. The van der Waals surface area contributed by atoms with Crippen LogP contribution in [0.15, 0.2) is 370 Å². The third-order valence-electron chi connectivity index (χ3n) is 19.1. The first-order chi connectivity index (χ1) is 51.4. The van der Waals surface area contributed by atoms with Gasteiger partial charge in [-0.05, 0) is 170 Å². The predicted octanol–water partition coefficient (Wildman–Crippen LogP) is 23.8. The molecular weight excluding hydrogens is 1270 g/mol. The van der Waals surface area contributed by atoms with Crippen molar-refractivity contribution in [3.8, 4) is 101 Å². The number of hydrogen-bond donors (Lipinski definition) is 0. The van der Waals surface area contributed by atoms with E-state index in [4.69, 9.17) is 29.9 Å². The Morgan fingerprint density at radius 1 is 0.144 bits per heavy atom. The van der Waals surface area contributed by atoms with Crippen molar-refractivity contribution < 1.29 is 0 Å². The van der Waals surface area contributed by atoms with Crippen LogP contribution < -0.4 is 0 Å². The van der Waals surface area contributed by atoms with E-state index in [9.17, 15) is 0 Å². The molecular formula is C95H61N9. The summed E-state index contributed by atoms with van der Waals surface area (Å²) in [6, 6.07) is 122. The van der Waals surface area contributed by atoms with Gasteiger partial charge >= 0.3 is 0 Å². The molecule has 20 aromatic rings. The molecule has 0 amide bonds. The van der Waals surface area contributed by atoms with Gasteiger partial charge in [0.2, 0.25) is 0 Å². The normalized spacial score (nSPS) is 11.3. The lowest BCUT2D eigenvalue weighted by molar-refractivity contribution is 1.28. The second kappa shape index (κ2) is 27.5. The molecule has 0 saturated heterocycles. The van der Waals surface area contributed by atoms with Gasteiger partial charge in [-0.15, -0.1) is 0 Å². The monoisotopic (exact) mass is 1330 g/mol. The molecule has 9 heterocycles. The molecule has 486 valence electrons. The van der Waals surface area contributed by atoms with E-state index in [2.05, 4.69) is 276 Å². The molecule has 0 radical (unpaired) electrons. The fraction of sp³-hybridized carbons (Fsp3) is 0. The molecule has 0 unspecified atom stereocenters. The van der Waals surface area contributed by atoms with Gasteiger partial charge in [-0.2, -0.15) is 0 Å². The van der Waals surface area contributed by atoms with Crippen LogP contribution >= 0.6 is 0 Å². The number of pyridine rings is 9. The van der Waals surface area contributed by atoms with Gasteiger partial charge in [-0.1, -0.05) is 237 Å². The molecule has 0 N–H and O–H groups in total. The summed E-state index contributed by atoms with van der Waals surface area (Å²) < 4.78 is 0. The van der Waals surface area contributed by atoms with Crippen molar-refractivity contribution in [1.29, 1.82) is 0 Å². The third kappa shape index (κ3) is 12.9. The summed E-state index contributed by atoms with van der Waals surface area (Å²) in [5.74, 6) is 0. The standard InChI is InChI=1S/2C33H21N3.C29H19N3/c1-2-8-27-22(6-1)7-5-9-28(27)29-17-15-23-11-13-25(20-32(23)35-29)26-14-12-24-16-18-31(36-33(24)21-26)30-10-3-4-19-34-30;1-2-6-25-19-28(13-8-22(25)5-1)29-16-14-23-9-11-26(20-32(23)35-29)27-12-10-24-15-17-31(36-33(24)21-27)30-7-3-4-18-34-30;1-2-6-20(7-3-1)25-15-13-21-9-11-23(18-28(21)31-25)24-12-10-22-14-16-27(32-29(22)19-24)26-8-4-5-17-30-26/h2*1-21H;1-19H. The van der Waals surface area contributed by atoms with E-state index >= 15 is 0 Å². The van der Waals surface area contributed by atoms with Crippen molar-refractivity contribution in [3.63, 3.8) is 0 Å². The van der Waals surface area contributed by atoms with Gasteiger partial charge in [0.15, 0.2) is 0 Å². The lowest BCUT2D eigenvalue weighted by Crippen LogP contribution is -1.89. The molecule has 0 spiro atoms. The first-order valence-electron chi connectivity index (χ1n) is 34.7. The minimum Gasteiger partial charge on any atom is -0.255 e. The van der Waals surface area contributed by atoms with Gasteiger partial charge in [-0.25, -0.2) is 29.9 Å². The number of hydrogen-bond acceptors (Lipinski definition) is 9. The SMILES string of the molecule is c1ccc(-c2ccc3ccc(-c4ccc5ccc(-c6ccc7ccccc7c6)nc5c4)cc3n2)nc1.c1ccc(-c2ccc3ccc(-c4ccc5ccc(-c6cccc7ccccc67)nc5c4)cc3n2)nc1.c1ccc(-c2ccc3ccc(-c4ccc5ccc(-c6ccccn6)nc5c4)cc3n2)cc1. The van der Waals surface area contributed by atoms with Gasteiger partial charge in [0.25, 0.3) is 0 Å². The molecule has 0 fully saturated rings. The molecule has 0 bridgehead atoms. The van der Waals surface area contributed by atoms with E-state index in [0.29, 0.717) is 0 Å². The average molecular weight is 1330 g/mol. The summed E-state index contributed by atoms with van der Waals surface area (Å²) in [4.78, 5) is 43.0. The largest absolute Gasteiger partial charge is 0.255 e. The summed E-state index contributed by atoms with van der Waals surface area (Å²) in [5.41, 5.74) is 24.1. The fourth-order valence-electron chi connectivity index (χ4n) is 13.6. The third-order valence-corrected chi connectivity index (χ3v) is 19.1. The lowest BCUT2D eigenvalue weighted by atomic mass is 9.99. The molecule has 9 nitrogen and oxygen atoms in total. The van der Waals surface area contributed by atoms with Crippen LogP contribution in [0.1, 0.15) is 0 Å². The number of fused-ring (bicyclic) bond motifs is 8. The van der Waals surface area contributed by atoms with Crippen LogP contribution in [0.4, 0.5) is 0 Å². The van der Waals surface area contributed by atoms with E-state index < -0.39 is 0 Å². The Labute approximate surface area is 600 Å². The Bertz CT molecular complexity index is 6480. The molecule has 11 aromatic carbocycles. The molecule has 9 heteroatoms. The van der Waals surface area contributed by atoms with Crippen LogP contribution in [-0.4, -0.2) is 44.9 Å². The minimum atomic E-state index is 0.875. The highest BCUT2D eigenvalue weighted by Gasteiger charge is 2.14. The van der Waals surface area contributed by atoms with Crippen LogP contribution in [0.3, 0.4) is 0 Å². The van der Waals surface area contributed by atoms with E-state index in [0.717, 1.165) is 167 Å². The van der Waals surface area contributed by atoms with Crippen molar-refractivity contribution >= 4 is 87.0 Å². The number of rotatable bonds is 9. The van der Waals surface area contributed by atoms with E-state index in [1.165, 1.54) is 21.5 Å². The zero-order chi connectivity index (χ0) is 69.1.